The normalized spacial score (nSPS) is 13.6. The second-order valence-electron chi connectivity index (χ2n) is 8.18. The number of carbonyl (C=O) groups is 3. The number of rotatable bonds is 7. The molecule has 0 fully saturated rings. The predicted molar refractivity (Wildman–Crippen MR) is 106 cm³/mol. The number of hydroxylamine groups is 1. The summed E-state index contributed by atoms with van der Waals surface area (Å²) in [4.78, 5) is 36.3. The number of hydrogen-bond acceptors (Lipinski definition) is 4. The van der Waals surface area contributed by atoms with Gasteiger partial charge in [-0.05, 0) is 40.3 Å². The number of benzene rings is 2. The number of halogens is 1. The van der Waals surface area contributed by atoms with Crippen LogP contribution in [0.5, 0.6) is 0 Å². The third-order valence-corrected chi connectivity index (χ3v) is 4.71. The van der Waals surface area contributed by atoms with Gasteiger partial charge in [0.2, 0.25) is 17.7 Å². The van der Waals surface area contributed by atoms with Crippen molar-refractivity contribution in [1.29, 1.82) is 0 Å². The van der Waals surface area contributed by atoms with Crippen LogP contribution in [0, 0.1) is 17.2 Å². The first-order valence-corrected chi connectivity index (χ1v) is 9.22. The van der Waals surface area contributed by atoms with Gasteiger partial charge in [-0.15, -0.1) is 0 Å². The van der Waals surface area contributed by atoms with Gasteiger partial charge in [-0.1, -0.05) is 45.0 Å². The van der Waals surface area contributed by atoms with Gasteiger partial charge in [0.15, 0.2) is 0 Å². The Balaban J connectivity index is 2.27. The lowest BCUT2D eigenvalue weighted by atomic mass is 9.85. The van der Waals surface area contributed by atoms with Gasteiger partial charge >= 0.3 is 0 Å². The maximum Gasteiger partial charge on any atom is 0.244 e. The molecule has 2 atom stereocenters. The molecule has 0 bridgehead atoms. The van der Waals surface area contributed by atoms with E-state index >= 15 is 0 Å². The summed E-state index contributed by atoms with van der Waals surface area (Å²) in [5, 5.41) is 13.0. The molecule has 156 valence electrons. The molecular formula is C21H26FN3O4. The van der Waals surface area contributed by atoms with Crippen molar-refractivity contribution in [2.24, 2.45) is 17.1 Å². The minimum Gasteiger partial charge on any atom is -0.368 e. The number of nitrogens with one attached hydrogen (secondary N) is 2. The molecule has 0 saturated heterocycles. The van der Waals surface area contributed by atoms with Crippen LogP contribution in [0.2, 0.25) is 0 Å². The van der Waals surface area contributed by atoms with E-state index in [4.69, 9.17) is 10.9 Å². The van der Waals surface area contributed by atoms with Crippen LogP contribution in [0.1, 0.15) is 32.8 Å². The zero-order valence-corrected chi connectivity index (χ0v) is 16.7. The van der Waals surface area contributed by atoms with Crippen molar-refractivity contribution in [3.63, 3.8) is 0 Å². The van der Waals surface area contributed by atoms with Gasteiger partial charge in [-0.2, -0.15) is 0 Å². The first-order valence-electron chi connectivity index (χ1n) is 9.22. The molecule has 2 aromatic carbocycles. The predicted octanol–water partition coefficient (Wildman–Crippen LogP) is 2.05. The van der Waals surface area contributed by atoms with Crippen LogP contribution in [-0.4, -0.2) is 29.0 Å². The average molecular weight is 403 g/mol. The molecule has 2 aromatic rings. The highest BCUT2D eigenvalue weighted by Gasteiger charge is 2.33. The highest BCUT2D eigenvalue weighted by Crippen LogP contribution is 2.23. The van der Waals surface area contributed by atoms with Crippen molar-refractivity contribution in [3.8, 4) is 0 Å². The van der Waals surface area contributed by atoms with E-state index in [-0.39, 0.29) is 18.7 Å². The fourth-order valence-corrected chi connectivity index (χ4v) is 3.18. The fourth-order valence-electron chi connectivity index (χ4n) is 3.18. The summed E-state index contributed by atoms with van der Waals surface area (Å²) in [6, 6.07) is 8.74. The molecule has 0 heterocycles. The summed E-state index contributed by atoms with van der Waals surface area (Å²) in [5.41, 5.74) is 7.09. The van der Waals surface area contributed by atoms with E-state index in [0.717, 1.165) is 10.9 Å². The largest absolute Gasteiger partial charge is 0.368 e. The third-order valence-electron chi connectivity index (χ3n) is 4.71. The quantitative estimate of drug-likeness (QED) is 0.417. The fraction of sp³-hybridized carbons (Fsp3) is 0.381. The Morgan fingerprint density at radius 3 is 2.31 bits per heavy atom. The van der Waals surface area contributed by atoms with E-state index in [1.54, 1.807) is 45.0 Å². The Morgan fingerprint density at radius 1 is 1.10 bits per heavy atom. The number of hydrogen-bond donors (Lipinski definition) is 4. The SMILES string of the molecule is CC(C)(C)[C@H](NC(=O)C(CC(=O)NO)Cc1ccc2cc(F)ccc2c1)C(N)=O. The Hall–Kier alpha value is -3.00. The minimum atomic E-state index is -0.922. The topological polar surface area (TPSA) is 122 Å². The van der Waals surface area contributed by atoms with Crippen molar-refractivity contribution < 1.29 is 24.0 Å². The summed E-state index contributed by atoms with van der Waals surface area (Å²) >= 11 is 0. The molecule has 2 rings (SSSR count). The lowest BCUT2D eigenvalue weighted by Crippen LogP contribution is -2.53. The lowest BCUT2D eigenvalue weighted by molar-refractivity contribution is -0.136. The van der Waals surface area contributed by atoms with E-state index in [1.807, 2.05) is 0 Å². The summed E-state index contributed by atoms with van der Waals surface area (Å²) < 4.78 is 13.4. The van der Waals surface area contributed by atoms with Gasteiger partial charge < -0.3 is 11.1 Å². The van der Waals surface area contributed by atoms with Gasteiger partial charge in [0.1, 0.15) is 11.9 Å². The molecule has 0 aliphatic heterocycles. The molecule has 0 radical (unpaired) electrons. The summed E-state index contributed by atoms with van der Waals surface area (Å²) in [5.74, 6) is -3.11. The van der Waals surface area contributed by atoms with Crippen LogP contribution in [0.3, 0.4) is 0 Å². The Morgan fingerprint density at radius 2 is 1.72 bits per heavy atom. The van der Waals surface area contributed by atoms with Crippen LogP contribution < -0.4 is 16.5 Å². The molecule has 0 spiro atoms. The number of nitrogens with two attached hydrogens (primary N) is 1. The molecule has 0 aromatic heterocycles. The number of carbonyl (C=O) groups excluding carboxylic acids is 3. The smallest absolute Gasteiger partial charge is 0.244 e. The second kappa shape index (κ2) is 9.00. The highest BCUT2D eigenvalue weighted by molar-refractivity contribution is 5.90. The second-order valence-corrected chi connectivity index (χ2v) is 8.18. The lowest BCUT2D eigenvalue weighted by Gasteiger charge is -2.30. The molecule has 0 aliphatic rings. The van der Waals surface area contributed by atoms with Gasteiger partial charge in [-0.25, -0.2) is 9.87 Å². The van der Waals surface area contributed by atoms with Crippen molar-refractivity contribution >= 4 is 28.5 Å². The molecule has 29 heavy (non-hydrogen) atoms. The van der Waals surface area contributed by atoms with Crippen molar-refractivity contribution in [1.82, 2.24) is 10.8 Å². The van der Waals surface area contributed by atoms with Crippen molar-refractivity contribution in [2.45, 2.75) is 39.7 Å². The summed E-state index contributed by atoms with van der Waals surface area (Å²) in [6.07, 6.45) is -0.0956. The molecule has 5 N–H and O–H groups in total. The molecule has 0 saturated carbocycles. The van der Waals surface area contributed by atoms with Gasteiger partial charge in [0.25, 0.3) is 0 Å². The number of fused-ring (bicyclic) bond motifs is 1. The Labute approximate surface area is 168 Å². The average Bonchev–Trinajstić information content (AvgIpc) is 2.64. The molecule has 3 amide bonds. The monoisotopic (exact) mass is 403 g/mol. The molecule has 7 nitrogen and oxygen atoms in total. The van der Waals surface area contributed by atoms with E-state index in [0.29, 0.717) is 5.39 Å². The summed E-state index contributed by atoms with van der Waals surface area (Å²) in [6.45, 7) is 5.29. The van der Waals surface area contributed by atoms with Crippen molar-refractivity contribution in [2.75, 3.05) is 0 Å². The van der Waals surface area contributed by atoms with Crippen LogP contribution in [-0.2, 0) is 20.8 Å². The van der Waals surface area contributed by atoms with Crippen molar-refractivity contribution in [3.05, 3.63) is 47.8 Å². The van der Waals surface area contributed by atoms with Gasteiger partial charge in [0, 0.05) is 6.42 Å². The van der Waals surface area contributed by atoms with Gasteiger partial charge in [0.05, 0.1) is 5.92 Å². The van der Waals surface area contributed by atoms with E-state index < -0.39 is 35.1 Å². The minimum absolute atomic E-state index is 0.183. The number of amides is 3. The van der Waals surface area contributed by atoms with Crippen LogP contribution in [0.4, 0.5) is 4.39 Å². The van der Waals surface area contributed by atoms with Crippen LogP contribution >= 0.6 is 0 Å². The Bertz CT molecular complexity index is 924. The third kappa shape index (κ3) is 5.99. The Kier molecular flexibility index (Phi) is 6.92. The van der Waals surface area contributed by atoms with Crippen LogP contribution in [0.25, 0.3) is 10.8 Å². The first kappa shape index (κ1) is 22.3. The van der Waals surface area contributed by atoms with E-state index in [1.165, 1.54) is 17.6 Å². The van der Waals surface area contributed by atoms with Crippen LogP contribution in [0.15, 0.2) is 36.4 Å². The van der Waals surface area contributed by atoms with Gasteiger partial charge in [-0.3, -0.25) is 19.6 Å². The molecule has 0 aliphatic carbocycles. The maximum atomic E-state index is 13.4. The maximum absolute atomic E-state index is 13.4. The van der Waals surface area contributed by atoms with E-state index in [9.17, 15) is 18.8 Å². The molecular weight excluding hydrogens is 377 g/mol. The molecule has 1 unspecified atom stereocenters. The highest BCUT2D eigenvalue weighted by atomic mass is 19.1. The summed E-state index contributed by atoms with van der Waals surface area (Å²) in [7, 11) is 0. The standard InChI is InChI=1S/C21H26FN3O4/c1-21(2,3)18(19(23)27)24-20(28)15(11-17(26)25-29)9-12-4-5-14-10-16(22)7-6-13(14)8-12/h4-8,10,15,18,29H,9,11H2,1-3H3,(H2,23,27)(H,24,28)(H,25,26)/t15?,18-/m1/s1. The number of primary amides is 1. The molecule has 8 heteroatoms. The zero-order valence-electron chi connectivity index (χ0n) is 16.7. The first-order chi connectivity index (χ1) is 13.5. The zero-order chi connectivity index (χ0) is 21.8. The van der Waals surface area contributed by atoms with E-state index in [2.05, 4.69) is 5.32 Å².